The molecule has 2 aromatic rings. The van der Waals surface area contributed by atoms with Gasteiger partial charge >= 0.3 is 0 Å². The highest BCUT2D eigenvalue weighted by Gasteiger charge is 2.38. The summed E-state index contributed by atoms with van der Waals surface area (Å²) in [5.41, 5.74) is 6.44. The topological polar surface area (TPSA) is 73.4 Å². The Balaban J connectivity index is 2.09. The number of amides is 1. The summed E-state index contributed by atoms with van der Waals surface area (Å²) in [4.78, 5) is 17.8. The van der Waals surface area contributed by atoms with Crippen LogP contribution in [0, 0.1) is 5.82 Å². The maximum atomic E-state index is 13.9. The number of carbonyl (C=O) groups is 1. The fourth-order valence-electron chi connectivity index (χ4n) is 2.88. The third-order valence-electron chi connectivity index (χ3n) is 4.02. The van der Waals surface area contributed by atoms with E-state index in [1.807, 2.05) is 0 Å². The van der Waals surface area contributed by atoms with Gasteiger partial charge in [-0.05, 0) is 12.1 Å². The standard InChI is InChI=1S/C14H17FN4O2/c1-18-10-5-3-4-9(15)12(10)17-14(18)19-7-8(21-2)6-11(19)13(16)20/h3-5,8,11H,6-7H2,1-2H3,(H2,16,20)/t8-,11-/m0/s1. The summed E-state index contributed by atoms with van der Waals surface area (Å²) in [5.74, 6) is -0.284. The SMILES string of the molecule is CO[C@H]1C[C@@H](C(N)=O)N(c2nc3c(F)cccc3n2C)C1. The molecule has 0 unspecified atom stereocenters. The lowest BCUT2D eigenvalue weighted by Gasteiger charge is -2.22. The Kier molecular flexibility index (Phi) is 3.29. The highest BCUT2D eigenvalue weighted by atomic mass is 19.1. The van der Waals surface area contributed by atoms with Crippen molar-refractivity contribution in [3.63, 3.8) is 0 Å². The number of hydrogen-bond donors (Lipinski definition) is 1. The monoisotopic (exact) mass is 292 g/mol. The summed E-state index contributed by atoms with van der Waals surface area (Å²) in [6.45, 7) is 0.503. The Morgan fingerprint density at radius 3 is 2.90 bits per heavy atom. The van der Waals surface area contributed by atoms with Gasteiger partial charge in [0.1, 0.15) is 11.6 Å². The zero-order valence-electron chi connectivity index (χ0n) is 11.9. The van der Waals surface area contributed by atoms with E-state index < -0.39 is 11.9 Å². The van der Waals surface area contributed by atoms with Crippen molar-refractivity contribution >= 4 is 22.9 Å². The van der Waals surface area contributed by atoms with E-state index in [9.17, 15) is 9.18 Å². The van der Waals surface area contributed by atoms with Crippen LogP contribution in [0.15, 0.2) is 18.2 Å². The quantitative estimate of drug-likeness (QED) is 0.908. The lowest BCUT2D eigenvalue weighted by molar-refractivity contribution is -0.119. The maximum Gasteiger partial charge on any atom is 0.240 e. The molecular formula is C14H17FN4O2. The van der Waals surface area contributed by atoms with Crippen LogP contribution < -0.4 is 10.6 Å². The predicted octanol–water partition coefficient (Wildman–Crippen LogP) is 0.791. The Bertz CT molecular complexity index is 700. The number of rotatable bonds is 3. The number of benzene rings is 1. The van der Waals surface area contributed by atoms with Gasteiger partial charge in [-0.25, -0.2) is 9.37 Å². The van der Waals surface area contributed by atoms with Crippen molar-refractivity contribution in [2.45, 2.75) is 18.6 Å². The molecule has 1 amide bonds. The van der Waals surface area contributed by atoms with E-state index in [4.69, 9.17) is 10.5 Å². The molecule has 0 aliphatic carbocycles. The Morgan fingerprint density at radius 2 is 2.29 bits per heavy atom. The molecule has 1 saturated heterocycles. The summed E-state index contributed by atoms with van der Waals surface area (Å²) in [5, 5.41) is 0. The van der Waals surface area contributed by atoms with Crippen molar-refractivity contribution < 1.29 is 13.9 Å². The van der Waals surface area contributed by atoms with Crippen molar-refractivity contribution in [1.82, 2.24) is 9.55 Å². The number of halogens is 1. The van der Waals surface area contributed by atoms with Crippen LogP contribution in [0.2, 0.25) is 0 Å². The molecule has 1 fully saturated rings. The van der Waals surface area contributed by atoms with Crippen LogP contribution in [0.5, 0.6) is 0 Å². The number of imidazole rings is 1. The van der Waals surface area contributed by atoms with Gasteiger partial charge in [0.2, 0.25) is 11.9 Å². The minimum Gasteiger partial charge on any atom is -0.380 e. The first-order valence-electron chi connectivity index (χ1n) is 6.72. The van der Waals surface area contributed by atoms with Gasteiger partial charge in [0.05, 0.1) is 11.6 Å². The molecule has 7 heteroatoms. The Morgan fingerprint density at radius 1 is 1.52 bits per heavy atom. The predicted molar refractivity (Wildman–Crippen MR) is 76.4 cm³/mol. The molecule has 2 N–H and O–H groups in total. The molecule has 6 nitrogen and oxygen atoms in total. The number of primary amides is 1. The van der Waals surface area contributed by atoms with Crippen LogP contribution in [0.3, 0.4) is 0 Å². The number of ether oxygens (including phenoxy) is 1. The summed E-state index contributed by atoms with van der Waals surface area (Å²) in [6.07, 6.45) is 0.421. The van der Waals surface area contributed by atoms with E-state index >= 15 is 0 Å². The maximum absolute atomic E-state index is 13.9. The van der Waals surface area contributed by atoms with Gasteiger partial charge in [-0.2, -0.15) is 0 Å². The van der Waals surface area contributed by atoms with Crippen molar-refractivity contribution in [2.75, 3.05) is 18.6 Å². The van der Waals surface area contributed by atoms with Crippen LogP contribution in [-0.4, -0.2) is 41.3 Å². The number of nitrogens with two attached hydrogens (primary N) is 1. The molecule has 2 heterocycles. The number of aromatic nitrogens is 2. The summed E-state index contributed by atoms with van der Waals surface area (Å²) in [6, 6.07) is 4.30. The van der Waals surface area contributed by atoms with E-state index in [2.05, 4.69) is 4.98 Å². The third-order valence-corrected chi connectivity index (χ3v) is 4.02. The molecule has 1 aliphatic heterocycles. The lowest BCUT2D eigenvalue weighted by atomic mass is 10.2. The normalized spacial score (nSPS) is 22.1. The first kappa shape index (κ1) is 13.8. The van der Waals surface area contributed by atoms with Crippen LogP contribution >= 0.6 is 0 Å². The van der Waals surface area contributed by atoms with Crippen LogP contribution in [0.1, 0.15) is 6.42 Å². The number of nitrogens with zero attached hydrogens (tertiary/aromatic N) is 3. The zero-order chi connectivity index (χ0) is 15.1. The second-order valence-corrected chi connectivity index (χ2v) is 5.24. The van der Waals surface area contributed by atoms with Gasteiger partial charge in [0.15, 0.2) is 5.82 Å². The molecule has 3 rings (SSSR count). The highest BCUT2D eigenvalue weighted by molar-refractivity contribution is 5.85. The molecule has 1 aromatic carbocycles. The zero-order valence-corrected chi connectivity index (χ0v) is 11.9. The van der Waals surface area contributed by atoms with Crippen LogP contribution in [0.25, 0.3) is 11.0 Å². The van der Waals surface area contributed by atoms with Gasteiger partial charge < -0.3 is 19.9 Å². The molecule has 21 heavy (non-hydrogen) atoms. The van der Waals surface area contributed by atoms with E-state index in [1.54, 1.807) is 35.8 Å². The molecule has 1 aliphatic rings. The van der Waals surface area contributed by atoms with E-state index in [-0.39, 0.29) is 11.9 Å². The van der Waals surface area contributed by atoms with Gasteiger partial charge in [0, 0.05) is 27.1 Å². The van der Waals surface area contributed by atoms with Gasteiger partial charge in [0.25, 0.3) is 0 Å². The van der Waals surface area contributed by atoms with Crippen LogP contribution in [0.4, 0.5) is 10.3 Å². The third kappa shape index (κ3) is 2.13. The largest absolute Gasteiger partial charge is 0.380 e. The van der Waals surface area contributed by atoms with E-state index in [1.165, 1.54) is 6.07 Å². The lowest BCUT2D eigenvalue weighted by Crippen LogP contribution is -2.41. The molecule has 0 bridgehead atoms. The number of methoxy groups -OCH3 is 1. The molecule has 0 spiro atoms. The average molecular weight is 292 g/mol. The number of hydrogen-bond acceptors (Lipinski definition) is 4. The van der Waals surface area contributed by atoms with E-state index in [0.717, 1.165) is 0 Å². The first-order chi connectivity index (χ1) is 10.0. The number of para-hydroxylation sites is 1. The second kappa shape index (κ2) is 5.00. The summed E-state index contributed by atoms with van der Waals surface area (Å²) < 4.78 is 20.9. The molecule has 1 aromatic heterocycles. The summed E-state index contributed by atoms with van der Waals surface area (Å²) >= 11 is 0. The number of aryl methyl sites for hydroxylation is 1. The molecule has 0 radical (unpaired) electrons. The molecular weight excluding hydrogens is 275 g/mol. The van der Waals surface area contributed by atoms with Gasteiger partial charge in [-0.15, -0.1) is 0 Å². The minimum atomic E-state index is -0.492. The fourth-order valence-corrected chi connectivity index (χ4v) is 2.88. The van der Waals surface area contributed by atoms with Crippen LogP contribution in [-0.2, 0) is 16.6 Å². The van der Waals surface area contributed by atoms with E-state index in [0.29, 0.717) is 29.9 Å². The van der Waals surface area contributed by atoms with Crippen molar-refractivity contribution in [3.05, 3.63) is 24.0 Å². The fraction of sp³-hybridized carbons (Fsp3) is 0.429. The van der Waals surface area contributed by atoms with Gasteiger partial charge in [-0.1, -0.05) is 6.07 Å². The second-order valence-electron chi connectivity index (χ2n) is 5.24. The van der Waals surface area contributed by atoms with Gasteiger partial charge in [-0.3, -0.25) is 4.79 Å². The number of carbonyl (C=O) groups excluding carboxylic acids is 1. The average Bonchev–Trinajstić information content (AvgIpc) is 3.02. The number of fused-ring (bicyclic) bond motifs is 1. The van der Waals surface area contributed by atoms with Crippen molar-refractivity contribution in [2.24, 2.45) is 12.8 Å². The highest BCUT2D eigenvalue weighted by Crippen LogP contribution is 2.29. The first-order valence-corrected chi connectivity index (χ1v) is 6.72. The van der Waals surface area contributed by atoms with Crippen molar-refractivity contribution in [3.8, 4) is 0 Å². The minimum absolute atomic E-state index is 0.0906. The number of anilines is 1. The summed E-state index contributed by atoms with van der Waals surface area (Å²) in [7, 11) is 3.39. The molecule has 112 valence electrons. The Labute approximate surface area is 121 Å². The Hall–Kier alpha value is -2.15. The molecule has 0 saturated carbocycles. The molecule has 2 atom stereocenters. The smallest absolute Gasteiger partial charge is 0.240 e. The van der Waals surface area contributed by atoms with Crippen molar-refractivity contribution in [1.29, 1.82) is 0 Å².